The first-order valence-electron chi connectivity index (χ1n) is 6.34. The van der Waals surface area contributed by atoms with Crippen molar-refractivity contribution >= 4 is 17.4 Å². The first-order valence-corrected chi connectivity index (χ1v) is 6.34. The van der Waals surface area contributed by atoms with E-state index in [-0.39, 0.29) is 11.8 Å². The average molecular weight is 241 g/mol. The topological polar surface area (TPSA) is 37.4 Å². The van der Waals surface area contributed by atoms with Crippen molar-refractivity contribution in [3.05, 3.63) is 41.0 Å². The van der Waals surface area contributed by atoms with E-state index in [9.17, 15) is 9.59 Å². The minimum atomic E-state index is -0.161. The summed E-state index contributed by atoms with van der Waals surface area (Å²) in [5.74, 6) is 0.0671. The van der Waals surface area contributed by atoms with E-state index >= 15 is 0 Å². The minimum absolute atomic E-state index is 0.144. The zero-order valence-corrected chi connectivity index (χ0v) is 10.6. The summed E-state index contributed by atoms with van der Waals surface area (Å²) in [5.41, 5.74) is 3.38. The van der Waals surface area contributed by atoms with Crippen LogP contribution in [0.4, 0.5) is 0 Å². The normalized spacial score (nSPS) is 21.8. The van der Waals surface area contributed by atoms with Gasteiger partial charge in [-0.25, -0.2) is 0 Å². The maximum absolute atomic E-state index is 12.3. The zero-order valence-electron chi connectivity index (χ0n) is 10.6. The van der Waals surface area contributed by atoms with Crippen molar-refractivity contribution < 1.29 is 9.59 Å². The predicted molar refractivity (Wildman–Crippen MR) is 69.2 cm³/mol. The Morgan fingerprint density at radius 3 is 2.78 bits per heavy atom. The van der Waals surface area contributed by atoms with E-state index in [1.54, 1.807) is 0 Å². The summed E-state index contributed by atoms with van der Waals surface area (Å²) >= 11 is 0. The van der Waals surface area contributed by atoms with Gasteiger partial charge in [-0.1, -0.05) is 25.1 Å². The molecule has 1 heterocycles. The smallest absolute Gasteiger partial charge is 0.261 e. The second kappa shape index (κ2) is 3.80. The lowest BCUT2D eigenvalue weighted by atomic mass is 9.79. The van der Waals surface area contributed by atoms with Gasteiger partial charge in [0.1, 0.15) is 0 Å². The van der Waals surface area contributed by atoms with Crippen molar-refractivity contribution in [2.24, 2.45) is 0 Å². The van der Waals surface area contributed by atoms with Gasteiger partial charge >= 0.3 is 0 Å². The number of carbonyl (C=O) groups is 2. The summed E-state index contributed by atoms with van der Waals surface area (Å²) in [6.07, 6.45) is 2.84. The molecule has 1 aliphatic heterocycles. The van der Waals surface area contributed by atoms with Crippen molar-refractivity contribution in [2.45, 2.75) is 26.2 Å². The Labute approximate surface area is 106 Å². The quantitative estimate of drug-likeness (QED) is 0.709. The molecule has 0 fully saturated rings. The lowest BCUT2D eigenvalue weighted by Gasteiger charge is -2.32. The van der Waals surface area contributed by atoms with E-state index < -0.39 is 0 Å². The summed E-state index contributed by atoms with van der Waals surface area (Å²) in [6, 6.07) is 5.76. The number of imide groups is 1. The van der Waals surface area contributed by atoms with Crippen molar-refractivity contribution in [3.8, 4) is 0 Å². The van der Waals surface area contributed by atoms with Crippen LogP contribution in [0.2, 0.25) is 0 Å². The molecule has 3 nitrogen and oxygen atoms in total. The second-order valence-corrected chi connectivity index (χ2v) is 4.88. The molecule has 3 rings (SSSR count). The highest BCUT2D eigenvalue weighted by Crippen LogP contribution is 2.40. The highest BCUT2D eigenvalue weighted by atomic mass is 16.2. The van der Waals surface area contributed by atoms with Gasteiger partial charge in [0, 0.05) is 23.2 Å². The van der Waals surface area contributed by atoms with Crippen molar-refractivity contribution in [3.63, 3.8) is 0 Å². The predicted octanol–water partition coefficient (Wildman–Crippen LogP) is 2.58. The number of amides is 2. The number of hydrogen-bond donors (Lipinski definition) is 0. The van der Waals surface area contributed by atoms with Crippen LogP contribution in [0.5, 0.6) is 0 Å². The highest BCUT2D eigenvalue weighted by Gasteiger charge is 2.37. The standard InChI is InChI=1S/C15H15NO2/c1-3-16-14(17)11-6-4-5-10-9(2)7-8-12(13(10)11)15(16)18/h4-6,8-9H,3,7H2,1-2H3. The number of nitrogens with zero attached hydrogens (tertiary/aromatic N) is 1. The van der Waals surface area contributed by atoms with E-state index in [2.05, 4.69) is 6.92 Å². The van der Waals surface area contributed by atoms with Crippen molar-refractivity contribution in [2.75, 3.05) is 6.54 Å². The molecule has 0 saturated carbocycles. The van der Waals surface area contributed by atoms with E-state index in [0.717, 1.165) is 17.5 Å². The summed E-state index contributed by atoms with van der Waals surface area (Å²) in [6.45, 7) is 4.38. The molecule has 0 bridgehead atoms. The van der Waals surface area contributed by atoms with Crippen LogP contribution in [0.15, 0.2) is 24.3 Å². The van der Waals surface area contributed by atoms with Crippen LogP contribution in [0.3, 0.4) is 0 Å². The number of benzene rings is 1. The number of hydrogen-bond acceptors (Lipinski definition) is 2. The van der Waals surface area contributed by atoms with Crippen molar-refractivity contribution in [1.82, 2.24) is 4.90 Å². The van der Waals surface area contributed by atoms with Crippen LogP contribution in [0, 0.1) is 0 Å². The fourth-order valence-electron chi connectivity index (χ4n) is 2.85. The third kappa shape index (κ3) is 1.30. The van der Waals surface area contributed by atoms with Crippen LogP contribution in [-0.4, -0.2) is 23.3 Å². The molecule has 1 aliphatic carbocycles. The first-order chi connectivity index (χ1) is 8.65. The molecule has 0 aromatic heterocycles. The Kier molecular flexibility index (Phi) is 2.37. The molecule has 0 N–H and O–H groups in total. The Bertz CT molecular complexity index is 586. The summed E-state index contributed by atoms with van der Waals surface area (Å²) in [7, 11) is 0. The van der Waals surface area contributed by atoms with Crippen LogP contribution in [0.25, 0.3) is 5.57 Å². The maximum atomic E-state index is 12.3. The molecule has 92 valence electrons. The molecule has 2 amide bonds. The number of allylic oxidation sites excluding steroid dienone is 1. The average Bonchev–Trinajstić information content (AvgIpc) is 2.38. The van der Waals surface area contributed by atoms with E-state index in [4.69, 9.17) is 0 Å². The molecule has 2 aliphatic rings. The van der Waals surface area contributed by atoms with E-state index in [1.165, 1.54) is 4.90 Å². The van der Waals surface area contributed by atoms with Crippen LogP contribution < -0.4 is 0 Å². The fraction of sp³-hybridized carbons (Fsp3) is 0.333. The van der Waals surface area contributed by atoms with Crippen LogP contribution in [0.1, 0.15) is 47.7 Å². The maximum Gasteiger partial charge on any atom is 0.261 e. The highest BCUT2D eigenvalue weighted by molar-refractivity contribution is 6.31. The van der Waals surface area contributed by atoms with Gasteiger partial charge in [-0.15, -0.1) is 0 Å². The molecule has 0 saturated heterocycles. The van der Waals surface area contributed by atoms with E-state index in [0.29, 0.717) is 23.6 Å². The van der Waals surface area contributed by atoms with Gasteiger partial charge in [0.25, 0.3) is 11.8 Å². The number of carbonyl (C=O) groups excluding carboxylic acids is 2. The lowest BCUT2D eigenvalue weighted by Crippen LogP contribution is -2.42. The Hall–Kier alpha value is -1.90. The molecule has 18 heavy (non-hydrogen) atoms. The van der Waals surface area contributed by atoms with Gasteiger partial charge in [0.2, 0.25) is 0 Å². The Morgan fingerprint density at radius 2 is 2.06 bits per heavy atom. The van der Waals surface area contributed by atoms with Gasteiger partial charge < -0.3 is 0 Å². The molecule has 0 radical (unpaired) electrons. The first kappa shape index (κ1) is 11.2. The summed E-state index contributed by atoms with van der Waals surface area (Å²) in [4.78, 5) is 25.9. The molecule has 1 unspecified atom stereocenters. The molecular weight excluding hydrogens is 226 g/mol. The SMILES string of the molecule is CCN1C(=O)C2=CCC(C)c3cccc(c32)C1=O. The largest absolute Gasteiger partial charge is 0.275 e. The zero-order chi connectivity index (χ0) is 12.9. The fourth-order valence-corrected chi connectivity index (χ4v) is 2.85. The molecule has 1 atom stereocenters. The van der Waals surface area contributed by atoms with Crippen LogP contribution >= 0.6 is 0 Å². The van der Waals surface area contributed by atoms with Gasteiger partial charge in [-0.2, -0.15) is 0 Å². The lowest BCUT2D eigenvalue weighted by molar-refractivity contribution is -0.122. The summed E-state index contributed by atoms with van der Waals surface area (Å²) < 4.78 is 0. The van der Waals surface area contributed by atoms with Gasteiger partial charge in [0.15, 0.2) is 0 Å². The Morgan fingerprint density at radius 1 is 1.28 bits per heavy atom. The summed E-state index contributed by atoms with van der Waals surface area (Å²) in [5, 5.41) is 0. The third-order valence-electron chi connectivity index (χ3n) is 3.84. The van der Waals surface area contributed by atoms with Crippen molar-refractivity contribution in [1.29, 1.82) is 0 Å². The van der Waals surface area contributed by atoms with Gasteiger partial charge in [-0.05, 0) is 30.9 Å². The van der Waals surface area contributed by atoms with Crippen LogP contribution in [-0.2, 0) is 4.79 Å². The van der Waals surface area contributed by atoms with E-state index in [1.807, 2.05) is 31.2 Å². The minimum Gasteiger partial charge on any atom is -0.275 e. The molecule has 0 spiro atoms. The number of likely N-dealkylation sites (N-methyl/N-ethyl adjacent to an activating group) is 1. The second-order valence-electron chi connectivity index (χ2n) is 4.88. The molecule has 1 aromatic rings. The third-order valence-corrected chi connectivity index (χ3v) is 3.84. The molecular formula is C15H15NO2. The Balaban J connectivity index is 2.30. The monoisotopic (exact) mass is 241 g/mol. The number of rotatable bonds is 1. The molecule has 3 heteroatoms. The van der Waals surface area contributed by atoms with Gasteiger partial charge in [0.05, 0.1) is 0 Å². The molecule has 1 aromatic carbocycles. The van der Waals surface area contributed by atoms with Gasteiger partial charge in [-0.3, -0.25) is 14.5 Å².